The predicted octanol–water partition coefficient (Wildman–Crippen LogP) is 2.27. The highest BCUT2D eigenvalue weighted by Gasteiger charge is 2.19. The first-order valence-electron chi connectivity index (χ1n) is 6.54. The molecule has 0 unspecified atom stereocenters. The minimum absolute atomic E-state index is 0.155. The van der Waals surface area contributed by atoms with E-state index in [1.807, 2.05) is 35.0 Å². The van der Waals surface area contributed by atoms with Crippen molar-refractivity contribution in [2.45, 2.75) is 18.9 Å². The van der Waals surface area contributed by atoms with Gasteiger partial charge in [-0.25, -0.2) is 0 Å². The fourth-order valence-corrected chi connectivity index (χ4v) is 2.77. The summed E-state index contributed by atoms with van der Waals surface area (Å²) in [4.78, 5) is 14.8. The summed E-state index contributed by atoms with van der Waals surface area (Å²) in [6.07, 6.45) is 4.09. The quantitative estimate of drug-likeness (QED) is 0.766. The molecular weight excluding hydrogens is 224 g/mol. The van der Waals surface area contributed by atoms with Crippen molar-refractivity contribution < 1.29 is 0 Å². The van der Waals surface area contributed by atoms with Crippen molar-refractivity contribution in [2.75, 3.05) is 20.1 Å². The Morgan fingerprint density at radius 2 is 1.83 bits per heavy atom. The van der Waals surface area contributed by atoms with E-state index < -0.39 is 0 Å². The molecule has 0 amide bonds. The third-order valence-electron chi connectivity index (χ3n) is 3.92. The van der Waals surface area contributed by atoms with E-state index in [1.54, 1.807) is 0 Å². The average Bonchev–Trinajstić information content (AvgIpc) is 2.41. The molecule has 1 aromatic carbocycles. The molecule has 1 aliphatic heterocycles. The maximum absolute atomic E-state index is 12.5. The van der Waals surface area contributed by atoms with Gasteiger partial charge in [0.1, 0.15) is 0 Å². The van der Waals surface area contributed by atoms with Gasteiger partial charge in [0.15, 0.2) is 0 Å². The first kappa shape index (κ1) is 11.5. The van der Waals surface area contributed by atoms with Crippen LogP contribution >= 0.6 is 0 Å². The molecule has 18 heavy (non-hydrogen) atoms. The van der Waals surface area contributed by atoms with Gasteiger partial charge in [-0.2, -0.15) is 0 Å². The third kappa shape index (κ3) is 1.95. The lowest BCUT2D eigenvalue weighted by Crippen LogP contribution is -2.35. The molecule has 1 aliphatic rings. The van der Waals surface area contributed by atoms with E-state index >= 15 is 0 Å². The van der Waals surface area contributed by atoms with Crippen LogP contribution in [0, 0.1) is 0 Å². The van der Waals surface area contributed by atoms with Crippen LogP contribution in [0.4, 0.5) is 0 Å². The second-order valence-corrected chi connectivity index (χ2v) is 5.15. The van der Waals surface area contributed by atoms with Crippen LogP contribution < -0.4 is 5.56 Å². The molecule has 0 aliphatic carbocycles. The highest BCUT2D eigenvalue weighted by Crippen LogP contribution is 2.21. The third-order valence-corrected chi connectivity index (χ3v) is 3.92. The number of hydrogen-bond donors (Lipinski definition) is 0. The van der Waals surface area contributed by atoms with E-state index in [0.717, 1.165) is 36.7 Å². The fraction of sp³-hybridized carbons (Fsp3) is 0.400. The molecule has 0 saturated carbocycles. The van der Waals surface area contributed by atoms with Crippen molar-refractivity contribution in [2.24, 2.45) is 0 Å². The van der Waals surface area contributed by atoms with E-state index in [0.29, 0.717) is 6.04 Å². The first-order chi connectivity index (χ1) is 8.75. The zero-order valence-corrected chi connectivity index (χ0v) is 10.7. The summed E-state index contributed by atoms with van der Waals surface area (Å²) in [6, 6.07) is 10.2. The number of pyridine rings is 1. The zero-order chi connectivity index (χ0) is 12.5. The van der Waals surface area contributed by atoms with Gasteiger partial charge in [-0.1, -0.05) is 18.2 Å². The van der Waals surface area contributed by atoms with E-state index in [1.165, 1.54) is 0 Å². The summed E-state index contributed by atoms with van der Waals surface area (Å²) >= 11 is 0. The Hall–Kier alpha value is -1.61. The summed E-state index contributed by atoms with van der Waals surface area (Å²) in [5.74, 6) is 0. The summed E-state index contributed by atoms with van der Waals surface area (Å²) in [5.41, 5.74) is 0.155. The normalized spacial score (nSPS) is 18.3. The SMILES string of the molecule is CN1CCC(n2ccc3ccccc3c2=O)CC1. The van der Waals surface area contributed by atoms with Crippen molar-refractivity contribution >= 4 is 10.8 Å². The molecule has 2 aromatic rings. The molecule has 1 fully saturated rings. The maximum atomic E-state index is 12.5. The van der Waals surface area contributed by atoms with E-state index in [4.69, 9.17) is 0 Å². The molecule has 3 nitrogen and oxygen atoms in total. The molecule has 0 radical (unpaired) electrons. The van der Waals surface area contributed by atoms with Crippen LogP contribution in [-0.2, 0) is 0 Å². The lowest BCUT2D eigenvalue weighted by Gasteiger charge is -2.30. The number of benzene rings is 1. The van der Waals surface area contributed by atoms with Gasteiger partial charge in [0.25, 0.3) is 5.56 Å². The summed E-state index contributed by atoms with van der Waals surface area (Å²) in [5, 5.41) is 1.87. The largest absolute Gasteiger partial charge is 0.312 e. The van der Waals surface area contributed by atoms with E-state index in [9.17, 15) is 4.79 Å². The van der Waals surface area contributed by atoms with Gasteiger partial charge in [0.05, 0.1) is 0 Å². The summed E-state index contributed by atoms with van der Waals surface area (Å²) in [6.45, 7) is 2.15. The molecule has 2 heterocycles. The second-order valence-electron chi connectivity index (χ2n) is 5.15. The van der Waals surface area contributed by atoms with Crippen molar-refractivity contribution in [3.63, 3.8) is 0 Å². The average molecular weight is 242 g/mol. The number of rotatable bonds is 1. The summed E-state index contributed by atoms with van der Waals surface area (Å²) < 4.78 is 1.93. The van der Waals surface area contributed by atoms with Gasteiger partial charge < -0.3 is 9.47 Å². The molecule has 94 valence electrons. The van der Waals surface area contributed by atoms with Crippen LogP contribution in [-0.4, -0.2) is 29.6 Å². The Labute approximate surface area is 107 Å². The monoisotopic (exact) mass is 242 g/mol. The molecule has 0 spiro atoms. The van der Waals surface area contributed by atoms with E-state index in [2.05, 4.69) is 18.0 Å². The molecule has 0 N–H and O–H groups in total. The van der Waals surface area contributed by atoms with Gasteiger partial charge in [0, 0.05) is 17.6 Å². The Balaban J connectivity index is 2.02. The van der Waals surface area contributed by atoms with Crippen LogP contribution in [0.2, 0.25) is 0 Å². The fourth-order valence-electron chi connectivity index (χ4n) is 2.77. The summed E-state index contributed by atoms with van der Waals surface area (Å²) in [7, 11) is 2.14. The topological polar surface area (TPSA) is 25.2 Å². The lowest BCUT2D eigenvalue weighted by atomic mass is 10.0. The Morgan fingerprint density at radius 3 is 2.61 bits per heavy atom. The van der Waals surface area contributed by atoms with Crippen LogP contribution in [0.15, 0.2) is 41.3 Å². The van der Waals surface area contributed by atoms with Gasteiger partial charge in [-0.15, -0.1) is 0 Å². The molecule has 3 heteroatoms. The predicted molar refractivity (Wildman–Crippen MR) is 74.0 cm³/mol. The first-order valence-corrected chi connectivity index (χ1v) is 6.54. The molecular formula is C15H18N2O. The van der Waals surface area contributed by atoms with Gasteiger partial charge in [-0.05, 0) is 50.5 Å². The Kier molecular flexibility index (Phi) is 2.92. The van der Waals surface area contributed by atoms with Crippen molar-refractivity contribution in [1.29, 1.82) is 0 Å². The van der Waals surface area contributed by atoms with Crippen LogP contribution in [0.3, 0.4) is 0 Å². The minimum atomic E-state index is 0.155. The number of fused-ring (bicyclic) bond motifs is 1. The Morgan fingerprint density at radius 1 is 1.11 bits per heavy atom. The smallest absolute Gasteiger partial charge is 0.258 e. The maximum Gasteiger partial charge on any atom is 0.258 e. The number of likely N-dealkylation sites (tertiary alicyclic amines) is 1. The van der Waals surface area contributed by atoms with Gasteiger partial charge in [0.2, 0.25) is 0 Å². The van der Waals surface area contributed by atoms with E-state index in [-0.39, 0.29) is 5.56 Å². The van der Waals surface area contributed by atoms with Crippen molar-refractivity contribution in [1.82, 2.24) is 9.47 Å². The molecule has 3 rings (SSSR count). The Bertz CT molecular complexity index is 609. The molecule has 1 aromatic heterocycles. The standard InChI is InChI=1S/C15H18N2O/c1-16-9-7-13(8-10-16)17-11-6-12-4-2-3-5-14(12)15(17)18/h2-6,11,13H,7-10H2,1H3. The highest BCUT2D eigenvalue weighted by molar-refractivity contribution is 5.81. The lowest BCUT2D eigenvalue weighted by molar-refractivity contribution is 0.219. The van der Waals surface area contributed by atoms with Gasteiger partial charge >= 0.3 is 0 Å². The number of nitrogens with zero attached hydrogens (tertiary/aromatic N) is 2. The van der Waals surface area contributed by atoms with Crippen LogP contribution in [0.1, 0.15) is 18.9 Å². The van der Waals surface area contributed by atoms with Gasteiger partial charge in [-0.3, -0.25) is 4.79 Å². The van der Waals surface area contributed by atoms with Crippen molar-refractivity contribution in [3.8, 4) is 0 Å². The second kappa shape index (κ2) is 4.58. The van der Waals surface area contributed by atoms with Crippen molar-refractivity contribution in [3.05, 3.63) is 46.9 Å². The van der Waals surface area contributed by atoms with Crippen LogP contribution in [0.5, 0.6) is 0 Å². The number of piperidine rings is 1. The molecule has 1 saturated heterocycles. The number of hydrogen-bond acceptors (Lipinski definition) is 2. The number of aromatic nitrogens is 1. The zero-order valence-electron chi connectivity index (χ0n) is 10.7. The minimum Gasteiger partial charge on any atom is -0.312 e. The highest BCUT2D eigenvalue weighted by atomic mass is 16.1. The molecule has 0 bridgehead atoms. The molecule has 0 atom stereocenters. The van der Waals surface area contributed by atoms with Crippen LogP contribution in [0.25, 0.3) is 10.8 Å².